The molecular weight excluding hydrogens is 865 g/mol. The SMILES string of the molecule is COC(=O)NC[C@H](C(=O)N1[C@@H](C)CC[C@H]1c1ncc(-c2ccc(-c3ccc(-c4cnc([C@@H]5CC[C@H](C)N5C(=O)[C@@H](NC(=O)OC)C5C[C@@H](C)O[C@H](C)C5)[nH]4)cc3)cc2C)[nH]1)C1C[C@@H](C)O[C@H](C)C1. The van der Waals surface area contributed by atoms with Crippen molar-refractivity contribution >= 4 is 24.0 Å². The van der Waals surface area contributed by atoms with Crippen LogP contribution in [0.15, 0.2) is 54.9 Å². The Morgan fingerprint density at radius 3 is 1.72 bits per heavy atom. The van der Waals surface area contributed by atoms with Crippen molar-refractivity contribution in [2.24, 2.45) is 17.8 Å². The summed E-state index contributed by atoms with van der Waals surface area (Å²) in [4.78, 5) is 74.4. The molecule has 366 valence electrons. The standard InChI is InChI=1S/C52H70N8O8/c1-28-20-37(16-17-40(28)43-27-54-48(57-43)44-18-10-29(2)59(44)49(61)41(25-55-51(63)65-8)38-21-31(4)67-32(5)22-38)35-12-14-36(15-13-35)42-26-53-47(56-42)45-19-11-30(3)60(45)50(62)46(58-52(64)66-9)39-23-33(6)68-34(7)24-39/h12-17,20,26-27,29-34,38-39,41,44-46H,10-11,18-19,21-25H2,1-9H3,(H,53,56)(H,54,57)(H,55,63)(H,58,64)/t29-,30-,31+,32+,33+,34+,41-,44-,45-,46-/m0/s1. The van der Waals surface area contributed by atoms with E-state index in [1.807, 2.05) is 49.9 Å². The first-order valence-electron chi connectivity index (χ1n) is 24.5. The van der Waals surface area contributed by atoms with E-state index in [1.54, 1.807) is 0 Å². The van der Waals surface area contributed by atoms with Gasteiger partial charge in [0.15, 0.2) is 0 Å². The topological polar surface area (TPSA) is 193 Å². The number of imidazole rings is 2. The smallest absolute Gasteiger partial charge is 0.407 e. The molecule has 4 amide bonds. The zero-order valence-corrected chi connectivity index (χ0v) is 41.0. The Kier molecular flexibility index (Phi) is 14.9. The fourth-order valence-corrected chi connectivity index (χ4v) is 11.7. The van der Waals surface area contributed by atoms with Crippen LogP contribution in [0.2, 0.25) is 0 Å². The van der Waals surface area contributed by atoms with Gasteiger partial charge in [0.1, 0.15) is 17.7 Å². The van der Waals surface area contributed by atoms with Crippen molar-refractivity contribution in [1.82, 2.24) is 40.4 Å². The van der Waals surface area contributed by atoms with E-state index in [-0.39, 0.29) is 78.8 Å². The molecule has 0 radical (unpaired) electrons. The van der Waals surface area contributed by atoms with E-state index in [0.717, 1.165) is 89.4 Å². The van der Waals surface area contributed by atoms with E-state index >= 15 is 0 Å². The molecule has 2 aromatic carbocycles. The van der Waals surface area contributed by atoms with Crippen molar-refractivity contribution in [2.45, 2.75) is 154 Å². The molecule has 2 aromatic heterocycles. The molecule has 68 heavy (non-hydrogen) atoms. The van der Waals surface area contributed by atoms with Crippen LogP contribution >= 0.6 is 0 Å². The second kappa shape index (κ2) is 20.9. The molecule has 4 aliphatic rings. The highest BCUT2D eigenvalue weighted by Crippen LogP contribution is 2.41. The van der Waals surface area contributed by atoms with Crippen molar-refractivity contribution in [1.29, 1.82) is 0 Å². The van der Waals surface area contributed by atoms with Gasteiger partial charge in [0.25, 0.3) is 0 Å². The van der Waals surface area contributed by atoms with Gasteiger partial charge < -0.3 is 49.3 Å². The number of carbonyl (C=O) groups excluding carboxylic acids is 4. The number of nitrogens with one attached hydrogen (secondary N) is 4. The predicted molar refractivity (Wildman–Crippen MR) is 257 cm³/mol. The monoisotopic (exact) mass is 935 g/mol. The zero-order valence-electron chi connectivity index (χ0n) is 41.0. The Balaban J connectivity index is 0.951. The number of likely N-dealkylation sites (tertiary alicyclic amines) is 2. The van der Waals surface area contributed by atoms with Gasteiger partial charge in [0.05, 0.1) is 80.4 Å². The van der Waals surface area contributed by atoms with Crippen LogP contribution in [0.3, 0.4) is 0 Å². The summed E-state index contributed by atoms with van der Waals surface area (Å²) in [6.45, 7) is 14.6. The van der Waals surface area contributed by atoms with Gasteiger partial charge in [-0.05, 0) is 134 Å². The molecule has 6 heterocycles. The molecule has 0 unspecified atom stereocenters. The number of rotatable bonds is 12. The normalized spacial score (nSPS) is 28.2. The Bertz CT molecular complexity index is 2400. The second-order valence-corrected chi connectivity index (χ2v) is 19.9. The van der Waals surface area contributed by atoms with Gasteiger partial charge in [-0.15, -0.1) is 0 Å². The number of hydrogen-bond acceptors (Lipinski definition) is 10. The van der Waals surface area contributed by atoms with E-state index in [2.05, 4.69) is 83.8 Å². The Morgan fingerprint density at radius 2 is 1.16 bits per heavy atom. The Labute approximate surface area is 400 Å². The van der Waals surface area contributed by atoms with E-state index in [9.17, 15) is 19.2 Å². The minimum atomic E-state index is -0.737. The van der Waals surface area contributed by atoms with Gasteiger partial charge in [0.2, 0.25) is 11.8 Å². The van der Waals surface area contributed by atoms with Crippen LogP contribution < -0.4 is 10.6 Å². The average molecular weight is 935 g/mol. The highest BCUT2D eigenvalue weighted by Gasteiger charge is 2.46. The molecular formula is C52H70N8O8. The third-order valence-electron chi connectivity index (χ3n) is 14.9. The Morgan fingerprint density at radius 1 is 0.662 bits per heavy atom. The van der Waals surface area contributed by atoms with Crippen LogP contribution in [0.25, 0.3) is 33.6 Å². The van der Waals surface area contributed by atoms with Crippen LogP contribution in [0, 0.1) is 24.7 Å². The van der Waals surface area contributed by atoms with Gasteiger partial charge in [-0.1, -0.05) is 42.5 Å². The maximum Gasteiger partial charge on any atom is 0.407 e. The van der Waals surface area contributed by atoms with Gasteiger partial charge in [0, 0.05) is 24.2 Å². The minimum Gasteiger partial charge on any atom is -0.453 e. The van der Waals surface area contributed by atoms with Crippen molar-refractivity contribution in [3.63, 3.8) is 0 Å². The maximum atomic E-state index is 14.6. The molecule has 4 saturated heterocycles. The molecule has 16 nitrogen and oxygen atoms in total. The van der Waals surface area contributed by atoms with Crippen molar-refractivity contribution in [2.75, 3.05) is 20.8 Å². The molecule has 8 rings (SSSR count). The number of nitrogens with zero attached hydrogens (tertiary/aromatic N) is 4. The number of amides is 4. The molecule has 4 aromatic rings. The number of alkyl carbamates (subject to hydrolysis) is 2. The maximum absolute atomic E-state index is 14.6. The van der Waals surface area contributed by atoms with Crippen LogP contribution in [-0.2, 0) is 28.5 Å². The summed E-state index contributed by atoms with van der Waals surface area (Å²) in [7, 11) is 2.65. The first-order chi connectivity index (χ1) is 32.6. The van der Waals surface area contributed by atoms with Crippen LogP contribution in [0.5, 0.6) is 0 Å². The summed E-state index contributed by atoms with van der Waals surface area (Å²) >= 11 is 0. The molecule has 0 aliphatic carbocycles. The summed E-state index contributed by atoms with van der Waals surface area (Å²) in [5.41, 5.74) is 6.97. The number of carbonyl (C=O) groups is 4. The fraction of sp³-hybridized carbons (Fsp3) is 0.577. The summed E-state index contributed by atoms with van der Waals surface area (Å²) in [5.74, 6) is 0.929. The number of aromatic nitrogens is 4. The van der Waals surface area contributed by atoms with E-state index in [4.69, 9.17) is 28.9 Å². The zero-order chi connectivity index (χ0) is 48.4. The van der Waals surface area contributed by atoms with Gasteiger partial charge >= 0.3 is 12.2 Å². The number of aromatic amines is 2. The molecule has 16 heteroatoms. The second-order valence-electron chi connectivity index (χ2n) is 19.9. The molecule has 4 fully saturated rings. The van der Waals surface area contributed by atoms with Crippen molar-refractivity contribution in [3.8, 4) is 33.6 Å². The summed E-state index contributed by atoms with van der Waals surface area (Å²) in [6.07, 6.45) is 8.55. The minimum absolute atomic E-state index is 0.0167. The van der Waals surface area contributed by atoms with Crippen LogP contribution in [-0.4, -0.2) is 117 Å². The lowest BCUT2D eigenvalue weighted by molar-refractivity contribution is -0.144. The van der Waals surface area contributed by atoms with E-state index in [0.29, 0.717) is 12.8 Å². The highest BCUT2D eigenvalue weighted by molar-refractivity contribution is 5.87. The largest absolute Gasteiger partial charge is 0.453 e. The lowest BCUT2D eigenvalue weighted by atomic mass is 9.80. The number of ether oxygens (including phenoxy) is 4. The summed E-state index contributed by atoms with van der Waals surface area (Å²) < 4.78 is 21.8. The lowest BCUT2D eigenvalue weighted by Gasteiger charge is -2.39. The van der Waals surface area contributed by atoms with Crippen LogP contribution in [0.1, 0.15) is 122 Å². The first-order valence-corrected chi connectivity index (χ1v) is 24.5. The fourth-order valence-electron chi connectivity index (χ4n) is 11.7. The van der Waals surface area contributed by atoms with Gasteiger partial charge in [-0.25, -0.2) is 19.6 Å². The third kappa shape index (κ3) is 10.5. The molecule has 0 saturated carbocycles. The third-order valence-corrected chi connectivity index (χ3v) is 14.9. The van der Waals surface area contributed by atoms with Crippen LogP contribution in [0.4, 0.5) is 9.59 Å². The van der Waals surface area contributed by atoms with E-state index in [1.165, 1.54) is 14.2 Å². The van der Waals surface area contributed by atoms with Gasteiger partial charge in [-0.2, -0.15) is 0 Å². The number of hydrogen-bond donors (Lipinski definition) is 4. The lowest BCUT2D eigenvalue weighted by Crippen LogP contribution is -2.55. The number of methoxy groups -OCH3 is 2. The molecule has 0 bridgehead atoms. The highest BCUT2D eigenvalue weighted by atomic mass is 16.5. The van der Waals surface area contributed by atoms with E-state index < -0.39 is 24.1 Å². The van der Waals surface area contributed by atoms with Crippen molar-refractivity contribution in [3.05, 3.63) is 72.1 Å². The number of H-pyrrole nitrogens is 2. The molecule has 0 spiro atoms. The summed E-state index contributed by atoms with van der Waals surface area (Å²) in [5, 5.41) is 5.70. The first kappa shape index (κ1) is 48.7. The number of benzene rings is 2. The number of aryl methyl sites for hydroxylation is 1. The van der Waals surface area contributed by atoms with Gasteiger partial charge in [-0.3, -0.25) is 9.59 Å². The van der Waals surface area contributed by atoms with Crippen molar-refractivity contribution < 1.29 is 38.1 Å². The predicted octanol–water partition coefficient (Wildman–Crippen LogP) is 8.65. The molecule has 10 atom stereocenters. The summed E-state index contributed by atoms with van der Waals surface area (Å²) in [6, 6.07) is 13.5. The average Bonchev–Trinajstić information content (AvgIpc) is 4.14. The quantitative estimate of drug-likeness (QED) is 0.107. The molecule has 4 N–H and O–H groups in total. The Hall–Kier alpha value is -5.74. The molecule has 4 aliphatic heterocycles.